The molecular formula is C19H24FNO4. The number of aliphatic carboxylic acids is 1. The van der Waals surface area contributed by atoms with Crippen LogP contribution >= 0.6 is 0 Å². The highest BCUT2D eigenvalue weighted by Crippen LogP contribution is 2.51. The average molecular weight is 349 g/mol. The van der Waals surface area contributed by atoms with E-state index >= 15 is 0 Å². The molecule has 1 saturated heterocycles. The van der Waals surface area contributed by atoms with E-state index in [9.17, 15) is 19.1 Å². The van der Waals surface area contributed by atoms with Crippen molar-refractivity contribution in [3.8, 4) is 0 Å². The number of hydrogen-bond donors (Lipinski definition) is 1. The number of carboxylic acid groups (broad SMARTS) is 1. The molecule has 2 fully saturated rings. The number of rotatable bonds is 6. The first-order valence-electron chi connectivity index (χ1n) is 8.72. The lowest BCUT2D eigenvalue weighted by atomic mass is 9.76. The smallest absolute Gasteiger partial charge is 0.311 e. The molecule has 136 valence electrons. The molecule has 0 radical (unpaired) electrons. The van der Waals surface area contributed by atoms with Gasteiger partial charge < -0.3 is 14.7 Å². The number of likely N-dealkylation sites (tertiary alicyclic amines) is 1. The highest BCUT2D eigenvalue weighted by atomic mass is 19.1. The summed E-state index contributed by atoms with van der Waals surface area (Å²) >= 11 is 0. The summed E-state index contributed by atoms with van der Waals surface area (Å²) in [5.41, 5.74) is -1.35. The summed E-state index contributed by atoms with van der Waals surface area (Å²) in [4.78, 5) is 26.7. The van der Waals surface area contributed by atoms with Crippen LogP contribution in [0.5, 0.6) is 0 Å². The molecule has 1 heterocycles. The van der Waals surface area contributed by atoms with Crippen molar-refractivity contribution in [2.75, 3.05) is 26.8 Å². The zero-order valence-electron chi connectivity index (χ0n) is 14.5. The maximum atomic E-state index is 14.2. The van der Waals surface area contributed by atoms with Crippen LogP contribution in [-0.2, 0) is 19.7 Å². The van der Waals surface area contributed by atoms with Gasteiger partial charge in [-0.15, -0.1) is 0 Å². The predicted octanol–water partition coefficient (Wildman–Crippen LogP) is 2.59. The second-order valence-corrected chi connectivity index (χ2v) is 7.22. The maximum Gasteiger partial charge on any atom is 0.311 e. The maximum absolute atomic E-state index is 14.2. The lowest BCUT2D eigenvalue weighted by molar-refractivity contribution is -0.157. The molecule has 1 saturated carbocycles. The van der Waals surface area contributed by atoms with Crippen LogP contribution in [0.15, 0.2) is 24.3 Å². The Kier molecular flexibility index (Phi) is 4.82. The lowest BCUT2D eigenvalue weighted by Crippen LogP contribution is -2.52. The van der Waals surface area contributed by atoms with E-state index < -0.39 is 16.8 Å². The van der Waals surface area contributed by atoms with Crippen LogP contribution in [0, 0.1) is 11.2 Å². The second-order valence-electron chi connectivity index (χ2n) is 7.22. The van der Waals surface area contributed by atoms with Crippen molar-refractivity contribution in [2.24, 2.45) is 5.41 Å². The highest BCUT2D eigenvalue weighted by Gasteiger charge is 2.56. The summed E-state index contributed by atoms with van der Waals surface area (Å²) in [6, 6.07) is 6.39. The molecule has 1 unspecified atom stereocenters. The topological polar surface area (TPSA) is 66.8 Å². The molecule has 5 nitrogen and oxygen atoms in total. The van der Waals surface area contributed by atoms with Gasteiger partial charge in [-0.3, -0.25) is 9.59 Å². The van der Waals surface area contributed by atoms with Crippen LogP contribution in [-0.4, -0.2) is 48.7 Å². The molecule has 0 spiro atoms. The third-order valence-electron chi connectivity index (χ3n) is 5.65. The zero-order chi connectivity index (χ0) is 18.1. The minimum atomic E-state index is -0.977. The highest BCUT2D eigenvalue weighted by molar-refractivity contribution is 5.92. The van der Waals surface area contributed by atoms with Gasteiger partial charge in [-0.1, -0.05) is 18.2 Å². The van der Waals surface area contributed by atoms with E-state index in [0.717, 1.165) is 0 Å². The largest absolute Gasteiger partial charge is 0.481 e. The predicted molar refractivity (Wildman–Crippen MR) is 89.7 cm³/mol. The van der Waals surface area contributed by atoms with Crippen LogP contribution in [0.1, 0.15) is 37.7 Å². The summed E-state index contributed by atoms with van der Waals surface area (Å²) < 4.78 is 19.3. The number of ether oxygens (including phenoxy) is 1. The van der Waals surface area contributed by atoms with Crippen molar-refractivity contribution in [3.63, 3.8) is 0 Å². The number of halogens is 1. The number of methoxy groups -OCH3 is 1. The molecule has 25 heavy (non-hydrogen) atoms. The van der Waals surface area contributed by atoms with Gasteiger partial charge in [0.25, 0.3) is 0 Å². The van der Waals surface area contributed by atoms with Gasteiger partial charge in [0.1, 0.15) is 5.82 Å². The third kappa shape index (κ3) is 3.15. The van der Waals surface area contributed by atoms with E-state index in [1.807, 2.05) is 0 Å². The first-order valence-corrected chi connectivity index (χ1v) is 8.72. The van der Waals surface area contributed by atoms with Gasteiger partial charge in [0.15, 0.2) is 0 Å². The van der Waals surface area contributed by atoms with Crippen molar-refractivity contribution in [1.29, 1.82) is 0 Å². The van der Waals surface area contributed by atoms with E-state index in [-0.39, 0.29) is 18.3 Å². The van der Waals surface area contributed by atoms with Gasteiger partial charge in [-0.25, -0.2) is 4.39 Å². The van der Waals surface area contributed by atoms with Crippen LogP contribution in [0.2, 0.25) is 0 Å². The number of carbonyl (C=O) groups excluding carboxylic acids is 1. The summed E-state index contributed by atoms with van der Waals surface area (Å²) in [7, 11) is 1.54. The SMILES string of the molecule is COCCC1(C(=O)O)CCCN(C(=O)C2(c3ccccc3F)CC2)C1. The van der Waals surface area contributed by atoms with E-state index in [0.29, 0.717) is 50.8 Å². The van der Waals surface area contributed by atoms with Crippen molar-refractivity contribution >= 4 is 11.9 Å². The average Bonchev–Trinajstić information content (AvgIpc) is 3.41. The molecule has 0 aromatic heterocycles. The summed E-state index contributed by atoms with van der Waals surface area (Å²) in [6.07, 6.45) is 2.76. The van der Waals surface area contributed by atoms with Crippen LogP contribution in [0.25, 0.3) is 0 Å². The Bertz CT molecular complexity index is 673. The molecule has 0 bridgehead atoms. The normalized spacial score (nSPS) is 24.8. The van der Waals surface area contributed by atoms with Gasteiger partial charge in [-0.05, 0) is 38.2 Å². The fraction of sp³-hybridized carbons (Fsp3) is 0.579. The standard InChI is InChI=1S/C19H24FNO4/c1-25-12-10-18(17(23)24)7-4-11-21(13-18)16(22)19(8-9-19)14-5-2-3-6-15(14)20/h2-3,5-6H,4,7-13H2,1H3,(H,23,24). The van der Waals surface area contributed by atoms with Crippen molar-refractivity contribution < 1.29 is 23.8 Å². The molecule has 2 aliphatic rings. The first kappa shape index (κ1) is 17.9. The fourth-order valence-electron chi connectivity index (χ4n) is 3.96. The Morgan fingerprint density at radius 3 is 2.60 bits per heavy atom. The van der Waals surface area contributed by atoms with E-state index in [2.05, 4.69) is 0 Å². The number of carboxylic acids is 1. The minimum Gasteiger partial charge on any atom is -0.481 e. The van der Waals surface area contributed by atoms with Gasteiger partial charge in [0, 0.05) is 32.4 Å². The Hall–Kier alpha value is -1.95. The second kappa shape index (κ2) is 6.75. The number of amides is 1. The summed E-state index contributed by atoms with van der Waals surface area (Å²) in [6.45, 7) is 1.03. The lowest BCUT2D eigenvalue weighted by Gasteiger charge is -2.41. The Morgan fingerprint density at radius 2 is 2.00 bits per heavy atom. The zero-order valence-corrected chi connectivity index (χ0v) is 14.5. The molecule has 1 amide bonds. The van der Waals surface area contributed by atoms with Gasteiger partial charge in [-0.2, -0.15) is 0 Å². The fourth-order valence-corrected chi connectivity index (χ4v) is 3.96. The minimum absolute atomic E-state index is 0.139. The Balaban J connectivity index is 1.83. The van der Waals surface area contributed by atoms with Gasteiger partial charge >= 0.3 is 5.97 Å². The van der Waals surface area contributed by atoms with Crippen LogP contribution in [0.4, 0.5) is 4.39 Å². The van der Waals surface area contributed by atoms with E-state index in [1.165, 1.54) is 6.07 Å². The molecule has 1 aromatic rings. The first-order chi connectivity index (χ1) is 11.9. The van der Waals surface area contributed by atoms with Gasteiger partial charge in [0.05, 0.1) is 10.8 Å². The molecule has 1 aromatic carbocycles. The summed E-state index contributed by atoms with van der Waals surface area (Å²) in [5, 5.41) is 9.74. The van der Waals surface area contributed by atoms with Gasteiger partial charge in [0.2, 0.25) is 5.91 Å². The summed E-state index contributed by atoms with van der Waals surface area (Å²) in [5.74, 6) is -1.40. The van der Waals surface area contributed by atoms with E-state index in [4.69, 9.17) is 4.74 Å². The van der Waals surface area contributed by atoms with Crippen molar-refractivity contribution in [3.05, 3.63) is 35.6 Å². The Labute approximate surface area is 146 Å². The molecule has 3 rings (SSSR count). The Morgan fingerprint density at radius 1 is 1.28 bits per heavy atom. The molecule has 6 heteroatoms. The number of piperidine rings is 1. The monoisotopic (exact) mass is 349 g/mol. The molecular weight excluding hydrogens is 325 g/mol. The van der Waals surface area contributed by atoms with Crippen molar-refractivity contribution in [1.82, 2.24) is 4.90 Å². The molecule has 1 aliphatic carbocycles. The number of hydrogen-bond acceptors (Lipinski definition) is 3. The van der Waals surface area contributed by atoms with Crippen LogP contribution < -0.4 is 0 Å². The molecule has 1 aliphatic heterocycles. The number of carbonyl (C=O) groups is 2. The molecule has 1 N–H and O–H groups in total. The number of nitrogens with zero attached hydrogens (tertiary/aromatic N) is 1. The molecule has 1 atom stereocenters. The third-order valence-corrected chi connectivity index (χ3v) is 5.65. The number of benzene rings is 1. The van der Waals surface area contributed by atoms with Crippen molar-refractivity contribution in [2.45, 2.75) is 37.5 Å². The van der Waals surface area contributed by atoms with E-state index in [1.54, 1.807) is 30.2 Å². The van der Waals surface area contributed by atoms with Crippen LogP contribution in [0.3, 0.4) is 0 Å². The quantitative estimate of drug-likeness (QED) is 0.857.